The van der Waals surface area contributed by atoms with E-state index in [-0.39, 0.29) is 0 Å². The summed E-state index contributed by atoms with van der Waals surface area (Å²) in [5.74, 6) is 9.04. The molecule has 2 heteroatoms. The third kappa shape index (κ3) is 2.47. The van der Waals surface area contributed by atoms with Crippen LogP contribution < -0.4 is 11.3 Å². The lowest BCUT2D eigenvalue weighted by Crippen LogP contribution is -2.61. The van der Waals surface area contributed by atoms with Crippen molar-refractivity contribution in [2.45, 2.75) is 90.0 Å². The molecule has 120 valence electrons. The molecule has 5 aliphatic carbocycles. The Balaban J connectivity index is 1.60. The van der Waals surface area contributed by atoms with Gasteiger partial charge in [0.25, 0.3) is 0 Å². The first-order valence-electron chi connectivity index (χ1n) is 9.59. The lowest BCUT2D eigenvalue weighted by atomic mass is 9.42. The Kier molecular flexibility index (Phi) is 3.61. The zero-order chi connectivity index (χ0) is 14.5. The van der Waals surface area contributed by atoms with E-state index in [1.54, 1.807) is 0 Å². The highest BCUT2D eigenvalue weighted by Gasteiger charge is 2.59. The summed E-state index contributed by atoms with van der Waals surface area (Å²) in [5, 5.41) is 0. The van der Waals surface area contributed by atoms with Crippen LogP contribution in [0.3, 0.4) is 0 Å². The second-order valence-electron chi connectivity index (χ2n) is 9.53. The van der Waals surface area contributed by atoms with Crippen LogP contribution in [-0.4, -0.2) is 6.04 Å². The summed E-state index contributed by atoms with van der Waals surface area (Å²) in [6, 6.07) is 0.598. The first-order valence-corrected chi connectivity index (χ1v) is 9.59. The maximum absolute atomic E-state index is 6.17. The fourth-order valence-corrected chi connectivity index (χ4v) is 7.62. The van der Waals surface area contributed by atoms with Crippen LogP contribution in [0.5, 0.6) is 0 Å². The van der Waals surface area contributed by atoms with Gasteiger partial charge < -0.3 is 0 Å². The Morgan fingerprint density at radius 2 is 1.57 bits per heavy atom. The molecule has 0 radical (unpaired) electrons. The maximum Gasteiger partial charge on any atom is 0.0295 e. The van der Waals surface area contributed by atoms with Crippen molar-refractivity contribution in [1.82, 2.24) is 5.43 Å². The summed E-state index contributed by atoms with van der Waals surface area (Å²) < 4.78 is 0. The van der Waals surface area contributed by atoms with Gasteiger partial charge in [0.15, 0.2) is 0 Å². The SMILES string of the molecule is CC12CC3CC(C1)CC(C(NN)C1CCCCCC1)(C3)C2. The summed E-state index contributed by atoms with van der Waals surface area (Å²) in [4.78, 5) is 0. The van der Waals surface area contributed by atoms with Gasteiger partial charge in [-0.05, 0) is 80.0 Å². The normalized spacial score (nSPS) is 48.3. The van der Waals surface area contributed by atoms with E-state index in [0.717, 1.165) is 17.8 Å². The van der Waals surface area contributed by atoms with Gasteiger partial charge in [0, 0.05) is 6.04 Å². The van der Waals surface area contributed by atoms with E-state index in [4.69, 9.17) is 5.84 Å². The number of hydrazine groups is 1. The molecule has 5 saturated carbocycles. The largest absolute Gasteiger partial charge is 0.271 e. The van der Waals surface area contributed by atoms with Gasteiger partial charge in [-0.1, -0.05) is 32.6 Å². The predicted octanol–water partition coefficient (Wildman–Crippen LogP) is 4.40. The van der Waals surface area contributed by atoms with Crippen molar-refractivity contribution in [3.63, 3.8) is 0 Å². The van der Waals surface area contributed by atoms with Crippen LogP contribution in [0.25, 0.3) is 0 Å². The van der Waals surface area contributed by atoms with Crippen molar-refractivity contribution in [1.29, 1.82) is 0 Å². The smallest absolute Gasteiger partial charge is 0.0295 e. The highest BCUT2D eigenvalue weighted by Crippen LogP contribution is 2.66. The van der Waals surface area contributed by atoms with Crippen molar-refractivity contribution in [3.05, 3.63) is 0 Å². The molecule has 3 atom stereocenters. The van der Waals surface area contributed by atoms with Gasteiger partial charge >= 0.3 is 0 Å². The van der Waals surface area contributed by atoms with Crippen molar-refractivity contribution >= 4 is 0 Å². The number of nitrogens with two attached hydrogens (primary N) is 1. The molecule has 5 rings (SSSR count). The van der Waals surface area contributed by atoms with Crippen LogP contribution in [0, 0.1) is 28.6 Å². The minimum atomic E-state index is 0.544. The summed E-state index contributed by atoms with van der Waals surface area (Å²) >= 11 is 0. The van der Waals surface area contributed by atoms with Crippen molar-refractivity contribution in [2.75, 3.05) is 0 Å². The standard InChI is InChI=1S/C19H34N2/c1-18-9-14-8-15(10-18)12-19(11-14,13-18)17(21-20)16-6-4-2-3-5-7-16/h14-17,21H,2-13,20H2,1H3. The molecule has 0 aromatic rings. The predicted molar refractivity (Wildman–Crippen MR) is 87.5 cm³/mol. The van der Waals surface area contributed by atoms with Gasteiger partial charge in [-0.2, -0.15) is 0 Å². The van der Waals surface area contributed by atoms with Gasteiger partial charge in [0.1, 0.15) is 0 Å². The molecule has 21 heavy (non-hydrogen) atoms. The van der Waals surface area contributed by atoms with Gasteiger partial charge in [-0.15, -0.1) is 0 Å². The average molecular weight is 290 g/mol. The van der Waals surface area contributed by atoms with E-state index in [0.29, 0.717) is 16.9 Å². The van der Waals surface area contributed by atoms with Gasteiger partial charge in [0.2, 0.25) is 0 Å². The fraction of sp³-hybridized carbons (Fsp3) is 1.00. The van der Waals surface area contributed by atoms with Crippen molar-refractivity contribution in [2.24, 2.45) is 34.4 Å². The van der Waals surface area contributed by atoms with Crippen molar-refractivity contribution < 1.29 is 0 Å². The molecule has 0 spiro atoms. The van der Waals surface area contributed by atoms with E-state index >= 15 is 0 Å². The lowest BCUT2D eigenvalue weighted by Gasteiger charge is -2.64. The zero-order valence-electron chi connectivity index (χ0n) is 13.9. The molecular formula is C19H34N2. The van der Waals surface area contributed by atoms with Crippen LogP contribution in [0.1, 0.15) is 84.0 Å². The highest BCUT2D eigenvalue weighted by atomic mass is 15.2. The molecule has 0 heterocycles. The number of nitrogens with one attached hydrogen (secondary N) is 1. The Labute approximate surface area is 130 Å². The molecule has 3 N–H and O–H groups in total. The molecule has 0 aromatic heterocycles. The molecule has 0 aliphatic heterocycles. The van der Waals surface area contributed by atoms with Crippen LogP contribution in [0.15, 0.2) is 0 Å². The molecule has 0 saturated heterocycles. The van der Waals surface area contributed by atoms with E-state index in [9.17, 15) is 0 Å². The third-order valence-corrected chi connectivity index (χ3v) is 7.61. The number of hydrogen-bond acceptors (Lipinski definition) is 2. The van der Waals surface area contributed by atoms with E-state index in [2.05, 4.69) is 12.3 Å². The third-order valence-electron chi connectivity index (χ3n) is 7.61. The average Bonchev–Trinajstić information content (AvgIpc) is 2.65. The maximum atomic E-state index is 6.17. The molecule has 3 unspecified atom stereocenters. The fourth-order valence-electron chi connectivity index (χ4n) is 7.62. The topological polar surface area (TPSA) is 38.0 Å². The first-order chi connectivity index (χ1) is 10.1. The molecule has 0 aromatic carbocycles. The van der Waals surface area contributed by atoms with E-state index in [1.165, 1.54) is 77.0 Å². The zero-order valence-corrected chi connectivity index (χ0v) is 13.9. The monoisotopic (exact) mass is 290 g/mol. The summed E-state index contributed by atoms with van der Waals surface area (Å²) in [6.07, 6.45) is 17.6. The highest BCUT2D eigenvalue weighted by molar-refractivity contribution is 5.10. The number of rotatable bonds is 3. The Bertz CT molecular complexity index is 369. The summed E-state index contributed by atoms with van der Waals surface area (Å²) in [5.41, 5.74) is 4.56. The van der Waals surface area contributed by atoms with Crippen LogP contribution >= 0.6 is 0 Å². The molecule has 4 bridgehead atoms. The Morgan fingerprint density at radius 1 is 0.952 bits per heavy atom. The van der Waals surface area contributed by atoms with Gasteiger partial charge in [0.05, 0.1) is 0 Å². The minimum Gasteiger partial charge on any atom is -0.271 e. The summed E-state index contributed by atoms with van der Waals surface area (Å²) in [6.45, 7) is 2.58. The second-order valence-corrected chi connectivity index (χ2v) is 9.53. The van der Waals surface area contributed by atoms with Crippen LogP contribution in [0.2, 0.25) is 0 Å². The minimum absolute atomic E-state index is 0.544. The van der Waals surface area contributed by atoms with E-state index < -0.39 is 0 Å². The molecular weight excluding hydrogens is 256 g/mol. The molecule has 2 nitrogen and oxygen atoms in total. The first kappa shape index (κ1) is 14.5. The quantitative estimate of drug-likeness (QED) is 0.459. The van der Waals surface area contributed by atoms with Gasteiger partial charge in [-0.25, -0.2) is 0 Å². The molecule has 0 amide bonds. The second kappa shape index (κ2) is 5.23. The lowest BCUT2D eigenvalue weighted by molar-refractivity contribution is -0.127. The Morgan fingerprint density at radius 3 is 2.10 bits per heavy atom. The van der Waals surface area contributed by atoms with Crippen LogP contribution in [0.4, 0.5) is 0 Å². The van der Waals surface area contributed by atoms with Crippen molar-refractivity contribution in [3.8, 4) is 0 Å². The van der Waals surface area contributed by atoms with E-state index in [1.807, 2.05) is 0 Å². The number of hydrogen-bond donors (Lipinski definition) is 2. The Hall–Kier alpha value is -0.0800. The molecule has 5 fully saturated rings. The van der Waals surface area contributed by atoms with Crippen LogP contribution in [-0.2, 0) is 0 Å². The molecule has 5 aliphatic rings. The summed E-state index contributed by atoms with van der Waals surface area (Å²) in [7, 11) is 0. The van der Waals surface area contributed by atoms with Gasteiger partial charge in [-0.3, -0.25) is 11.3 Å².